The normalized spacial score (nSPS) is 13.0. The first-order valence-corrected chi connectivity index (χ1v) is 7.36. The molecule has 0 bridgehead atoms. The van der Waals surface area contributed by atoms with Crippen molar-refractivity contribution in [3.63, 3.8) is 0 Å². The van der Waals surface area contributed by atoms with Crippen LogP contribution in [-0.2, 0) is 9.63 Å². The highest BCUT2D eigenvalue weighted by molar-refractivity contribution is 5.99. The Bertz CT molecular complexity index is 601. The monoisotopic (exact) mass is 316 g/mol. The average Bonchev–Trinajstić information content (AvgIpc) is 2.52. The molecule has 0 saturated carbocycles. The first kappa shape index (κ1) is 18.6. The third kappa shape index (κ3) is 6.08. The average molecular weight is 316 g/mol. The maximum atomic E-state index is 12.4. The minimum Gasteiger partial charge on any atom is -0.378 e. The number of allylic oxidation sites excluding steroid dienone is 3. The second-order valence-electron chi connectivity index (χ2n) is 5.51. The molecule has 1 amide bonds. The number of hydrogen-bond acceptors (Lipinski definition) is 4. The van der Waals surface area contributed by atoms with Crippen LogP contribution in [0.1, 0.15) is 24.2 Å². The SMILES string of the molecule is CONC(=O)/C=C/C(C)=C/[C@@H](C)C(=O)c1ccc(N(C)C)cc1. The number of nitrogens with zero attached hydrogens (tertiary/aromatic N) is 1. The lowest BCUT2D eigenvalue weighted by Gasteiger charge is -2.13. The zero-order valence-corrected chi connectivity index (χ0v) is 14.3. The van der Waals surface area contributed by atoms with Gasteiger partial charge >= 0.3 is 0 Å². The lowest BCUT2D eigenvalue weighted by atomic mass is 9.97. The Morgan fingerprint density at radius 2 is 1.78 bits per heavy atom. The zero-order valence-electron chi connectivity index (χ0n) is 14.3. The molecule has 1 aromatic carbocycles. The second kappa shape index (κ2) is 8.90. The topological polar surface area (TPSA) is 58.6 Å². The summed E-state index contributed by atoms with van der Waals surface area (Å²) in [6.07, 6.45) is 4.84. The van der Waals surface area contributed by atoms with Crippen molar-refractivity contribution in [2.45, 2.75) is 13.8 Å². The van der Waals surface area contributed by atoms with Gasteiger partial charge in [0.05, 0.1) is 7.11 Å². The van der Waals surface area contributed by atoms with E-state index in [1.807, 2.05) is 63.2 Å². The summed E-state index contributed by atoms with van der Waals surface area (Å²) in [5, 5.41) is 0. The van der Waals surface area contributed by atoms with Crippen LogP contribution in [0.15, 0.2) is 48.1 Å². The number of anilines is 1. The van der Waals surface area contributed by atoms with Gasteiger partial charge in [0.15, 0.2) is 5.78 Å². The van der Waals surface area contributed by atoms with E-state index in [0.29, 0.717) is 5.56 Å². The molecule has 0 radical (unpaired) electrons. The second-order valence-corrected chi connectivity index (χ2v) is 5.51. The molecule has 0 aliphatic heterocycles. The van der Waals surface area contributed by atoms with Crippen LogP contribution >= 0.6 is 0 Å². The van der Waals surface area contributed by atoms with E-state index in [1.54, 1.807) is 6.08 Å². The van der Waals surface area contributed by atoms with Gasteiger partial charge < -0.3 is 4.90 Å². The molecule has 0 aromatic heterocycles. The van der Waals surface area contributed by atoms with Gasteiger partial charge in [0.25, 0.3) is 5.91 Å². The van der Waals surface area contributed by atoms with Gasteiger partial charge in [-0.05, 0) is 31.2 Å². The lowest BCUT2D eigenvalue weighted by molar-refractivity contribution is -0.126. The predicted molar refractivity (Wildman–Crippen MR) is 92.3 cm³/mol. The molecule has 1 rings (SSSR count). The molecule has 0 spiro atoms. The smallest absolute Gasteiger partial charge is 0.267 e. The molecular formula is C18H24N2O3. The Kier molecular flexibility index (Phi) is 7.22. The van der Waals surface area contributed by atoms with Gasteiger partial charge in [0, 0.05) is 37.3 Å². The van der Waals surface area contributed by atoms with Gasteiger partial charge in [-0.1, -0.05) is 24.6 Å². The van der Waals surface area contributed by atoms with Crippen LogP contribution in [0.25, 0.3) is 0 Å². The van der Waals surface area contributed by atoms with Crippen molar-refractivity contribution in [3.05, 3.63) is 53.6 Å². The van der Waals surface area contributed by atoms with E-state index in [1.165, 1.54) is 13.2 Å². The maximum Gasteiger partial charge on any atom is 0.267 e. The number of carbonyl (C=O) groups excluding carboxylic acids is 2. The van der Waals surface area contributed by atoms with Crippen LogP contribution in [0, 0.1) is 5.92 Å². The highest BCUT2D eigenvalue weighted by Crippen LogP contribution is 2.17. The molecule has 0 aliphatic carbocycles. The summed E-state index contributed by atoms with van der Waals surface area (Å²) in [5.74, 6) is -0.571. The molecule has 0 aliphatic rings. The van der Waals surface area contributed by atoms with E-state index in [-0.39, 0.29) is 17.6 Å². The molecule has 5 heteroatoms. The molecule has 5 nitrogen and oxygen atoms in total. The standard InChI is InChI=1S/C18H24N2O3/c1-13(6-11-17(21)19-23-5)12-14(2)18(22)15-7-9-16(10-8-15)20(3)4/h6-12,14H,1-5H3,(H,19,21)/b11-6+,13-12+/t14-/m1/s1. The third-order valence-electron chi connectivity index (χ3n) is 3.29. The van der Waals surface area contributed by atoms with Crippen molar-refractivity contribution >= 4 is 17.4 Å². The molecular weight excluding hydrogens is 292 g/mol. The lowest BCUT2D eigenvalue weighted by Crippen LogP contribution is -2.18. The number of hydrogen-bond donors (Lipinski definition) is 1. The molecule has 23 heavy (non-hydrogen) atoms. The molecule has 0 fully saturated rings. The number of carbonyl (C=O) groups is 2. The number of benzene rings is 1. The largest absolute Gasteiger partial charge is 0.378 e. The van der Waals surface area contributed by atoms with E-state index in [9.17, 15) is 9.59 Å². The Labute approximate surface area is 137 Å². The van der Waals surface area contributed by atoms with Crippen LogP contribution < -0.4 is 10.4 Å². The van der Waals surface area contributed by atoms with Crippen molar-refractivity contribution < 1.29 is 14.4 Å². The Hall–Kier alpha value is -2.40. The van der Waals surface area contributed by atoms with Crippen molar-refractivity contribution in [3.8, 4) is 0 Å². The number of amides is 1. The van der Waals surface area contributed by atoms with Gasteiger partial charge in [0.1, 0.15) is 0 Å². The van der Waals surface area contributed by atoms with Gasteiger partial charge in [-0.3, -0.25) is 14.4 Å². The van der Waals surface area contributed by atoms with Crippen molar-refractivity contribution in [2.24, 2.45) is 5.92 Å². The van der Waals surface area contributed by atoms with Crippen LogP contribution in [0.3, 0.4) is 0 Å². The number of rotatable bonds is 7. The van der Waals surface area contributed by atoms with Crippen LogP contribution in [0.5, 0.6) is 0 Å². The zero-order chi connectivity index (χ0) is 17.4. The summed E-state index contributed by atoms with van der Waals surface area (Å²) < 4.78 is 0. The molecule has 1 atom stereocenters. The van der Waals surface area contributed by atoms with Crippen LogP contribution in [-0.4, -0.2) is 32.9 Å². The molecule has 1 N–H and O–H groups in total. The quantitative estimate of drug-likeness (QED) is 0.364. The maximum absolute atomic E-state index is 12.4. The van der Waals surface area contributed by atoms with E-state index in [4.69, 9.17) is 0 Å². The summed E-state index contributed by atoms with van der Waals surface area (Å²) in [7, 11) is 5.28. The fourth-order valence-corrected chi connectivity index (χ4v) is 2.05. The number of hydroxylamine groups is 1. The highest BCUT2D eigenvalue weighted by Gasteiger charge is 2.13. The van der Waals surface area contributed by atoms with Crippen molar-refractivity contribution in [2.75, 3.05) is 26.1 Å². The number of Topliss-reactive ketones (excluding diaryl/α,β-unsaturated/α-hetero) is 1. The fraction of sp³-hybridized carbons (Fsp3) is 0.333. The molecule has 0 unspecified atom stereocenters. The first-order valence-electron chi connectivity index (χ1n) is 7.36. The van der Waals surface area contributed by atoms with E-state index < -0.39 is 0 Å². The van der Waals surface area contributed by atoms with Crippen LogP contribution in [0.2, 0.25) is 0 Å². The summed E-state index contributed by atoms with van der Waals surface area (Å²) >= 11 is 0. The van der Waals surface area contributed by atoms with Crippen molar-refractivity contribution in [1.29, 1.82) is 0 Å². The molecule has 124 valence electrons. The predicted octanol–water partition coefficient (Wildman–Crippen LogP) is 2.75. The fourth-order valence-electron chi connectivity index (χ4n) is 2.05. The first-order chi connectivity index (χ1) is 10.8. The minimum absolute atomic E-state index is 0.0457. The van der Waals surface area contributed by atoms with E-state index >= 15 is 0 Å². The highest BCUT2D eigenvalue weighted by atomic mass is 16.6. The summed E-state index contributed by atoms with van der Waals surface area (Å²) in [4.78, 5) is 30.2. The van der Waals surface area contributed by atoms with Gasteiger partial charge in [-0.2, -0.15) is 0 Å². The third-order valence-corrected chi connectivity index (χ3v) is 3.29. The van der Waals surface area contributed by atoms with Gasteiger partial charge in [0.2, 0.25) is 0 Å². The molecule has 0 heterocycles. The summed E-state index contributed by atoms with van der Waals surface area (Å²) in [5.41, 5.74) is 4.75. The van der Waals surface area contributed by atoms with E-state index in [2.05, 4.69) is 10.3 Å². The van der Waals surface area contributed by atoms with E-state index in [0.717, 1.165) is 11.3 Å². The number of ketones is 1. The minimum atomic E-state index is -0.349. The molecule has 0 saturated heterocycles. The Balaban J connectivity index is 2.75. The number of nitrogens with one attached hydrogen (secondary N) is 1. The van der Waals surface area contributed by atoms with Crippen molar-refractivity contribution in [1.82, 2.24) is 5.48 Å². The van der Waals surface area contributed by atoms with Gasteiger partial charge in [-0.15, -0.1) is 0 Å². The summed E-state index contributed by atoms with van der Waals surface area (Å²) in [6.45, 7) is 3.68. The Morgan fingerprint density at radius 1 is 1.17 bits per heavy atom. The Morgan fingerprint density at radius 3 is 2.30 bits per heavy atom. The summed E-state index contributed by atoms with van der Waals surface area (Å²) in [6, 6.07) is 7.51. The molecule has 1 aromatic rings. The van der Waals surface area contributed by atoms with Crippen LogP contribution in [0.4, 0.5) is 5.69 Å². The van der Waals surface area contributed by atoms with Gasteiger partial charge in [-0.25, -0.2) is 5.48 Å².